The molecule has 0 amide bonds. The second-order valence-corrected chi connectivity index (χ2v) is 6.18. The van der Waals surface area contributed by atoms with Gasteiger partial charge in [0.1, 0.15) is 0 Å². The normalized spacial score (nSPS) is 16.7. The minimum absolute atomic E-state index is 0.0350. The van der Waals surface area contributed by atoms with E-state index in [0.29, 0.717) is 11.4 Å². The van der Waals surface area contributed by atoms with Crippen molar-refractivity contribution in [2.45, 2.75) is 26.7 Å². The molecule has 27 heavy (non-hydrogen) atoms. The molecule has 0 saturated carbocycles. The number of rotatable bonds is 5. The molecule has 0 radical (unpaired) electrons. The summed E-state index contributed by atoms with van der Waals surface area (Å²) in [4.78, 5) is 36.1. The third kappa shape index (κ3) is 3.80. The molecule has 0 aliphatic carbocycles. The minimum atomic E-state index is -1.10. The summed E-state index contributed by atoms with van der Waals surface area (Å²) in [6.07, 6.45) is 0. The number of methoxy groups -OCH3 is 1. The topological polar surface area (TPSA) is 108 Å². The van der Waals surface area contributed by atoms with Crippen molar-refractivity contribution in [1.29, 1.82) is 0 Å². The zero-order chi connectivity index (χ0) is 20.3. The van der Waals surface area contributed by atoms with E-state index in [1.807, 2.05) is 0 Å². The predicted molar refractivity (Wildman–Crippen MR) is 98.0 cm³/mol. The molecular formula is C18H19ClN2O6. The Bertz CT molecular complexity index is 875. The second-order valence-electron chi connectivity index (χ2n) is 5.78. The van der Waals surface area contributed by atoms with Gasteiger partial charge in [-0.3, -0.25) is 10.1 Å². The maximum atomic E-state index is 12.6. The van der Waals surface area contributed by atoms with Crippen molar-refractivity contribution in [2.75, 3.05) is 13.7 Å². The van der Waals surface area contributed by atoms with Crippen LogP contribution in [0.25, 0.3) is 0 Å². The summed E-state index contributed by atoms with van der Waals surface area (Å²) < 4.78 is 9.97. The van der Waals surface area contributed by atoms with Crippen molar-refractivity contribution in [1.82, 2.24) is 5.32 Å². The van der Waals surface area contributed by atoms with E-state index in [1.54, 1.807) is 20.8 Å². The Morgan fingerprint density at radius 1 is 1.22 bits per heavy atom. The molecule has 8 nitrogen and oxygen atoms in total. The van der Waals surface area contributed by atoms with Crippen molar-refractivity contribution in [2.24, 2.45) is 0 Å². The molecule has 1 aromatic rings. The van der Waals surface area contributed by atoms with Crippen LogP contribution in [0.1, 0.15) is 32.3 Å². The van der Waals surface area contributed by atoms with Crippen LogP contribution in [-0.4, -0.2) is 30.6 Å². The first-order valence-corrected chi connectivity index (χ1v) is 8.49. The van der Waals surface area contributed by atoms with E-state index in [2.05, 4.69) is 5.32 Å². The summed E-state index contributed by atoms with van der Waals surface area (Å²) in [5.41, 5.74) is 0.678. The number of carbonyl (C=O) groups is 2. The Morgan fingerprint density at radius 3 is 2.33 bits per heavy atom. The zero-order valence-corrected chi connectivity index (χ0v) is 16.0. The van der Waals surface area contributed by atoms with Crippen molar-refractivity contribution in [3.05, 3.63) is 61.4 Å². The minimum Gasteiger partial charge on any atom is -0.466 e. The Kier molecular flexibility index (Phi) is 6.22. The van der Waals surface area contributed by atoms with E-state index in [0.717, 1.165) is 0 Å². The maximum absolute atomic E-state index is 12.6. The van der Waals surface area contributed by atoms with Crippen molar-refractivity contribution >= 4 is 29.2 Å². The number of nitro benzene ring substituents is 1. The highest BCUT2D eigenvalue weighted by molar-refractivity contribution is 6.32. The third-order valence-corrected chi connectivity index (χ3v) is 4.51. The van der Waals surface area contributed by atoms with Gasteiger partial charge in [0.25, 0.3) is 5.69 Å². The number of dihydropyridines is 1. The van der Waals surface area contributed by atoms with Gasteiger partial charge in [-0.15, -0.1) is 0 Å². The molecule has 0 bridgehead atoms. The zero-order valence-electron chi connectivity index (χ0n) is 15.3. The van der Waals surface area contributed by atoms with Crippen LogP contribution >= 0.6 is 11.6 Å². The van der Waals surface area contributed by atoms with Crippen LogP contribution in [0.3, 0.4) is 0 Å². The highest BCUT2D eigenvalue weighted by atomic mass is 35.5. The van der Waals surface area contributed by atoms with Crippen LogP contribution in [0.2, 0.25) is 5.02 Å². The first-order valence-electron chi connectivity index (χ1n) is 8.11. The molecule has 0 aromatic heterocycles. The van der Waals surface area contributed by atoms with Crippen LogP contribution < -0.4 is 5.32 Å². The SMILES string of the molecule is CCOC(=O)C1=C(C)NC(C)=C(C(=O)OC)C1c1c(Cl)cccc1[N+](=O)[O-]. The molecule has 1 heterocycles. The lowest BCUT2D eigenvalue weighted by molar-refractivity contribution is -0.385. The Balaban J connectivity index is 2.86. The van der Waals surface area contributed by atoms with Gasteiger partial charge in [0.15, 0.2) is 0 Å². The number of allylic oxidation sites excluding steroid dienone is 2. The van der Waals surface area contributed by atoms with Crippen LogP contribution in [0.4, 0.5) is 5.69 Å². The molecule has 1 N–H and O–H groups in total. The molecule has 0 spiro atoms. The number of esters is 2. The van der Waals surface area contributed by atoms with Gasteiger partial charge in [-0.2, -0.15) is 0 Å². The Hall–Kier alpha value is -2.87. The van der Waals surface area contributed by atoms with E-state index in [-0.39, 0.29) is 34.0 Å². The predicted octanol–water partition coefficient (Wildman–Crippen LogP) is 3.22. The van der Waals surface area contributed by atoms with Gasteiger partial charge in [-0.05, 0) is 26.8 Å². The lowest BCUT2D eigenvalue weighted by Crippen LogP contribution is -2.32. The molecule has 1 unspecified atom stereocenters. The summed E-state index contributed by atoms with van der Waals surface area (Å²) in [6.45, 7) is 4.98. The number of nitro groups is 1. The second kappa shape index (κ2) is 8.22. The summed E-state index contributed by atoms with van der Waals surface area (Å²) in [5, 5.41) is 14.6. The van der Waals surface area contributed by atoms with Gasteiger partial charge < -0.3 is 14.8 Å². The molecule has 1 aliphatic rings. The molecule has 1 atom stereocenters. The highest BCUT2D eigenvalue weighted by Gasteiger charge is 2.41. The smallest absolute Gasteiger partial charge is 0.336 e. The Labute approximate surface area is 160 Å². The first kappa shape index (κ1) is 20.4. The lowest BCUT2D eigenvalue weighted by Gasteiger charge is -2.30. The fraction of sp³-hybridized carbons (Fsp3) is 0.333. The molecule has 1 aromatic carbocycles. The van der Waals surface area contributed by atoms with Gasteiger partial charge in [-0.1, -0.05) is 17.7 Å². The fourth-order valence-electron chi connectivity index (χ4n) is 3.11. The van der Waals surface area contributed by atoms with Gasteiger partial charge in [-0.25, -0.2) is 9.59 Å². The van der Waals surface area contributed by atoms with E-state index < -0.39 is 22.8 Å². The number of benzene rings is 1. The van der Waals surface area contributed by atoms with Gasteiger partial charge in [0.2, 0.25) is 0 Å². The summed E-state index contributed by atoms with van der Waals surface area (Å²) in [7, 11) is 1.19. The molecule has 9 heteroatoms. The van der Waals surface area contributed by atoms with Gasteiger partial charge in [0.05, 0.1) is 46.3 Å². The molecule has 1 aliphatic heterocycles. The van der Waals surface area contributed by atoms with E-state index in [9.17, 15) is 19.7 Å². The highest BCUT2D eigenvalue weighted by Crippen LogP contribution is 2.45. The maximum Gasteiger partial charge on any atom is 0.336 e. The Morgan fingerprint density at radius 2 is 1.81 bits per heavy atom. The number of halogens is 1. The van der Waals surface area contributed by atoms with Crippen molar-refractivity contribution < 1.29 is 24.0 Å². The van der Waals surface area contributed by atoms with Crippen LogP contribution in [-0.2, 0) is 19.1 Å². The van der Waals surface area contributed by atoms with Crippen molar-refractivity contribution in [3.63, 3.8) is 0 Å². The molecule has 0 fully saturated rings. The van der Waals surface area contributed by atoms with Gasteiger partial charge >= 0.3 is 11.9 Å². The summed E-state index contributed by atoms with van der Waals surface area (Å²) in [6, 6.07) is 4.17. The number of hydrogen-bond acceptors (Lipinski definition) is 7. The summed E-state index contributed by atoms with van der Waals surface area (Å²) in [5.74, 6) is -2.53. The summed E-state index contributed by atoms with van der Waals surface area (Å²) >= 11 is 6.29. The number of nitrogens with one attached hydrogen (secondary N) is 1. The van der Waals surface area contributed by atoms with E-state index in [4.69, 9.17) is 21.1 Å². The number of carbonyl (C=O) groups excluding carboxylic acids is 2. The third-order valence-electron chi connectivity index (χ3n) is 4.18. The molecule has 2 rings (SSSR count). The first-order chi connectivity index (χ1) is 12.7. The average Bonchev–Trinajstić information content (AvgIpc) is 2.60. The number of nitrogens with zero attached hydrogens (tertiary/aromatic N) is 1. The molecular weight excluding hydrogens is 376 g/mol. The fourth-order valence-corrected chi connectivity index (χ4v) is 3.39. The molecule has 144 valence electrons. The number of ether oxygens (including phenoxy) is 2. The molecule has 0 saturated heterocycles. The lowest BCUT2D eigenvalue weighted by atomic mass is 9.79. The number of hydrogen-bond donors (Lipinski definition) is 1. The van der Waals surface area contributed by atoms with Gasteiger partial charge in [0, 0.05) is 17.5 Å². The largest absolute Gasteiger partial charge is 0.466 e. The van der Waals surface area contributed by atoms with Crippen LogP contribution in [0.15, 0.2) is 40.7 Å². The monoisotopic (exact) mass is 394 g/mol. The van der Waals surface area contributed by atoms with Crippen LogP contribution in [0.5, 0.6) is 0 Å². The standard InChI is InChI=1S/C18H19ClN2O6/c1-5-27-18(23)14-10(3)20-9(2)13(17(22)26-4)16(14)15-11(19)7-6-8-12(15)21(24)25/h6-8,16,20H,5H2,1-4H3. The average molecular weight is 395 g/mol. The quantitative estimate of drug-likeness (QED) is 0.464. The van der Waals surface area contributed by atoms with Crippen LogP contribution in [0, 0.1) is 10.1 Å². The van der Waals surface area contributed by atoms with E-state index >= 15 is 0 Å². The van der Waals surface area contributed by atoms with E-state index in [1.165, 1.54) is 25.3 Å². The van der Waals surface area contributed by atoms with Crippen molar-refractivity contribution in [3.8, 4) is 0 Å².